The van der Waals surface area contributed by atoms with E-state index in [0.29, 0.717) is 17.4 Å². The normalized spacial score (nSPS) is 12.6. The van der Waals surface area contributed by atoms with Crippen LogP contribution in [0.25, 0.3) is 11.7 Å². The molecule has 0 saturated carbocycles. The molecular weight excluding hydrogens is 376 g/mol. The number of fused-ring (bicyclic) bond motifs is 1. The molecule has 0 saturated heterocycles. The average molecular weight is 399 g/mol. The lowest BCUT2D eigenvalue weighted by Crippen LogP contribution is -2.33. The SMILES string of the molecule is COc1ccc(C(CNC(=O)/C=C/c2c(Cl)nc3ccccn23)N(C)C)cc1. The van der Waals surface area contributed by atoms with Crippen molar-refractivity contribution in [1.29, 1.82) is 0 Å². The second-order valence-electron chi connectivity index (χ2n) is 6.55. The first kappa shape index (κ1) is 19.9. The first-order chi connectivity index (χ1) is 13.5. The van der Waals surface area contributed by atoms with E-state index in [0.717, 1.165) is 17.0 Å². The van der Waals surface area contributed by atoms with Gasteiger partial charge in [0.15, 0.2) is 5.15 Å². The quantitative estimate of drug-likeness (QED) is 0.619. The summed E-state index contributed by atoms with van der Waals surface area (Å²) in [5, 5.41) is 3.31. The average Bonchev–Trinajstić information content (AvgIpc) is 3.01. The summed E-state index contributed by atoms with van der Waals surface area (Å²) in [6.45, 7) is 0.476. The predicted molar refractivity (Wildman–Crippen MR) is 112 cm³/mol. The minimum atomic E-state index is -0.192. The highest BCUT2D eigenvalue weighted by Gasteiger charge is 2.15. The number of halogens is 1. The molecule has 3 aromatic rings. The third-order valence-corrected chi connectivity index (χ3v) is 4.79. The van der Waals surface area contributed by atoms with Crippen molar-refractivity contribution < 1.29 is 9.53 Å². The van der Waals surface area contributed by atoms with Crippen LogP contribution in [0.1, 0.15) is 17.3 Å². The van der Waals surface area contributed by atoms with Crippen molar-refractivity contribution in [3.63, 3.8) is 0 Å². The van der Waals surface area contributed by atoms with Crippen LogP contribution < -0.4 is 10.1 Å². The summed E-state index contributed by atoms with van der Waals surface area (Å²) in [6, 6.07) is 13.5. The summed E-state index contributed by atoms with van der Waals surface area (Å²) in [4.78, 5) is 18.7. The van der Waals surface area contributed by atoms with Crippen molar-refractivity contribution in [2.75, 3.05) is 27.7 Å². The zero-order chi connectivity index (χ0) is 20.1. The first-order valence-corrected chi connectivity index (χ1v) is 9.26. The minimum Gasteiger partial charge on any atom is -0.497 e. The predicted octanol–water partition coefficient (Wildman–Crippen LogP) is 3.43. The van der Waals surface area contributed by atoms with Crippen molar-refractivity contribution >= 4 is 29.2 Å². The van der Waals surface area contributed by atoms with Gasteiger partial charge in [-0.2, -0.15) is 0 Å². The maximum atomic E-state index is 12.3. The Labute approximate surface area is 169 Å². The lowest BCUT2D eigenvalue weighted by Gasteiger charge is -2.25. The van der Waals surface area contributed by atoms with Gasteiger partial charge in [0.25, 0.3) is 0 Å². The molecule has 0 spiro atoms. The zero-order valence-electron chi connectivity index (χ0n) is 16.1. The molecule has 1 N–H and O–H groups in total. The summed E-state index contributed by atoms with van der Waals surface area (Å²) >= 11 is 6.19. The van der Waals surface area contributed by atoms with Crippen LogP contribution in [0.2, 0.25) is 5.15 Å². The van der Waals surface area contributed by atoms with Gasteiger partial charge in [-0.05, 0) is 50.0 Å². The fraction of sp³-hybridized carbons (Fsp3) is 0.238. The summed E-state index contributed by atoms with van der Waals surface area (Å²) in [5.74, 6) is 0.612. The van der Waals surface area contributed by atoms with Gasteiger partial charge in [-0.1, -0.05) is 29.8 Å². The first-order valence-electron chi connectivity index (χ1n) is 8.88. The Morgan fingerprint density at radius 1 is 1.29 bits per heavy atom. The third kappa shape index (κ3) is 4.52. The number of likely N-dealkylation sites (N-methyl/N-ethyl adjacent to an activating group) is 1. The maximum Gasteiger partial charge on any atom is 0.244 e. The van der Waals surface area contributed by atoms with Crippen LogP contribution in [-0.4, -0.2) is 47.9 Å². The molecule has 6 nitrogen and oxygen atoms in total. The van der Waals surface area contributed by atoms with E-state index in [9.17, 15) is 4.79 Å². The Balaban J connectivity index is 1.67. The summed E-state index contributed by atoms with van der Waals surface area (Å²) in [6.07, 6.45) is 5.01. The number of methoxy groups -OCH3 is 1. The largest absolute Gasteiger partial charge is 0.497 e. The highest BCUT2D eigenvalue weighted by molar-refractivity contribution is 6.31. The summed E-state index contributed by atoms with van der Waals surface area (Å²) in [5.41, 5.74) is 2.51. The zero-order valence-corrected chi connectivity index (χ0v) is 16.8. The molecule has 0 aliphatic carbocycles. The summed E-state index contributed by atoms with van der Waals surface area (Å²) < 4.78 is 7.04. The fourth-order valence-corrected chi connectivity index (χ4v) is 3.21. The van der Waals surface area contributed by atoms with Gasteiger partial charge in [0.05, 0.1) is 18.8 Å². The number of aromatic nitrogens is 2. The molecule has 1 atom stereocenters. The van der Waals surface area contributed by atoms with Gasteiger partial charge >= 0.3 is 0 Å². The van der Waals surface area contributed by atoms with Gasteiger partial charge in [-0.15, -0.1) is 0 Å². The van der Waals surface area contributed by atoms with Crippen LogP contribution in [0.5, 0.6) is 5.75 Å². The van der Waals surface area contributed by atoms with Crippen LogP contribution in [0.3, 0.4) is 0 Å². The summed E-state index contributed by atoms with van der Waals surface area (Å²) in [7, 11) is 5.60. The number of hydrogen-bond acceptors (Lipinski definition) is 4. The molecular formula is C21H23ClN4O2. The fourth-order valence-electron chi connectivity index (χ4n) is 2.97. The number of imidazole rings is 1. The lowest BCUT2D eigenvalue weighted by atomic mass is 10.1. The van der Waals surface area contributed by atoms with Gasteiger partial charge in [-0.25, -0.2) is 4.98 Å². The van der Waals surface area contributed by atoms with Crippen LogP contribution in [0.15, 0.2) is 54.7 Å². The molecule has 1 unspecified atom stereocenters. The number of nitrogens with zero attached hydrogens (tertiary/aromatic N) is 3. The molecule has 0 aliphatic heterocycles. The molecule has 1 amide bonds. The topological polar surface area (TPSA) is 58.9 Å². The Morgan fingerprint density at radius 3 is 2.71 bits per heavy atom. The number of rotatable bonds is 7. The molecule has 0 fully saturated rings. The van der Waals surface area contributed by atoms with Crippen molar-refractivity contribution in [3.05, 3.63) is 71.1 Å². The van der Waals surface area contributed by atoms with Gasteiger partial charge in [0.2, 0.25) is 5.91 Å². The molecule has 2 heterocycles. The van der Waals surface area contributed by atoms with E-state index in [-0.39, 0.29) is 11.9 Å². The van der Waals surface area contributed by atoms with Crippen LogP contribution in [0.4, 0.5) is 0 Å². The number of hydrogen-bond donors (Lipinski definition) is 1. The molecule has 0 aliphatic rings. The van der Waals surface area contributed by atoms with E-state index in [2.05, 4.69) is 15.2 Å². The standard InChI is InChI=1S/C21H23ClN4O2/c1-25(2)18(15-7-9-16(28-3)10-8-15)14-23-20(27)12-11-17-21(22)24-19-6-4-5-13-26(17)19/h4-13,18H,14H2,1-3H3,(H,23,27)/b12-11+. The number of carbonyl (C=O) groups excluding carboxylic acids is 1. The number of benzene rings is 1. The number of amides is 1. The van der Waals surface area contributed by atoms with E-state index >= 15 is 0 Å². The van der Waals surface area contributed by atoms with E-state index in [4.69, 9.17) is 16.3 Å². The van der Waals surface area contributed by atoms with E-state index in [1.54, 1.807) is 13.2 Å². The van der Waals surface area contributed by atoms with Gasteiger partial charge < -0.3 is 15.0 Å². The highest BCUT2D eigenvalue weighted by atomic mass is 35.5. The van der Waals surface area contributed by atoms with E-state index < -0.39 is 0 Å². The van der Waals surface area contributed by atoms with Gasteiger partial charge in [-0.3, -0.25) is 9.20 Å². The Kier molecular flexibility index (Phi) is 6.34. The molecule has 28 heavy (non-hydrogen) atoms. The van der Waals surface area contributed by atoms with E-state index in [1.807, 2.05) is 67.2 Å². The number of ether oxygens (including phenoxy) is 1. The second kappa shape index (κ2) is 8.91. The maximum absolute atomic E-state index is 12.3. The smallest absolute Gasteiger partial charge is 0.244 e. The monoisotopic (exact) mass is 398 g/mol. The third-order valence-electron chi connectivity index (χ3n) is 4.51. The molecule has 146 valence electrons. The second-order valence-corrected chi connectivity index (χ2v) is 6.91. The lowest BCUT2D eigenvalue weighted by molar-refractivity contribution is -0.116. The molecule has 0 bridgehead atoms. The number of carbonyl (C=O) groups is 1. The molecule has 0 radical (unpaired) electrons. The van der Waals surface area contributed by atoms with Crippen molar-refractivity contribution in [2.45, 2.75) is 6.04 Å². The van der Waals surface area contributed by atoms with Crippen LogP contribution in [0, 0.1) is 0 Å². The molecule has 7 heteroatoms. The van der Waals surface area contributed by atoms with Crippen LogP contribution >= 0.6 is 11.6 Å². The Hall–Kier alpha value is -2.83. The number of nitrogens with one attached hydrogen (secondary N) is 1. The van der Waals surface area contributed by atoms with E-state index in [1.165, 1.54) is 6.08 Å². The Bertz CT molecular complexity index is 980. The van der Waals surface area contributed by atoms with Gasteiger partial charge in [0.1, 0.15) is 11.4 Å². The molecule has 3 rings (SSSR count). The highest BCUT2D eigenvalue weighted by Crippen LogP contribution is 2.21. The van der Waals surface area contributed by atoms with Crippen molar-refractivity contribution in [3.8, 4) is 5.75 Å². The minimum absolute atomic E-state index is 0.0441. The number of pyridine rings is 1. The van der Waals surface area contributed by atoms with Crippen molar-refractivity contribution in [1.82, 2.24) is 19.6 Å². The Morgan fingerprint density at radius 2 is 2.04 bits per heavy atom. The van der Waals surface area contributed by atoms with Crippen molar-refractivity contribution in [2.24, 2.45) is 0 Å². The van der Waals surface area contributed by atoms with Crippen LogP contribution in [-0.2, 0) is 4.79 Å². The molecule has 2 aromatic heterocycles. The molecule has 1 aromatic carbocycles. The van der Waals surface area contributed by atoms with Gasteiger partial charge in [0, 0.05) is 18.8 Å².